The molecular weight excluding hydrogens is 218 g/mol. The lowest BCUT2D eigenvalue weighted by Crippen LogP contribution is -2.16. The van der Waals surface area contributed by atoms with E-state index in [1.54, 1.807) is 17.9 Å². The number of aromatic nitrogens is 5. The van der Waals surface area contributed by atoms with Crippen LogP contribution in [0.3, 0.4) is 0 Å². The lowest BCUT2D eigenvalue weighted by Gasteiger charge is -2.12. The molecule has 0 atom stereocenters. The first-order valence-corrected chi connectivity index (χ1v) is 5.23. The third kappa shape index (κ3) is 2.32. The Kier molecular flexibility index (Phi) is 2.90. The summed E-state index contributed by atoms with van der Waals surface area (Å²) < 4.78 is 1.63. The largest absolute Gasteiger partial charge is 0.357 e. The van der Waals surface area contributed by atoms with E-state index >= 15 is 0 Å². The first-order valence-electron chi connectivity index (χ1n) is 5.23. The molecule has 0 unspecified atom stereocenters. The third-order valence-corrected chi connectivity index (χ3v) is 2.15. The Morgan fingerprint density at radius 2 is 2.00 bits per heavy atom. The molecule has 0 radical (unpaired) electrons. The van der Waals surface area contributed by atoms with Crippen LogP contribution in [0.2, 0.25) is 0 Å². The minimum atomic E-state index is 0.501. The van der Waals surface area contributed by atoms with Crippen molar-refractivity contribution in [3.8, 4) is 5.95 Å². The summed E-state index contributed by atoms with van der Waals surface area (Å²) in [5, 5.41) is 7.09. The fraction of sp³-hybridized carbons (Fsp3) is 0.400. The van der Waals surface area contributed by atoms with Crippen LogP contribution in [0.15, 0.2) is 12.4 Å². The van der Waals surface area contributed by atoms with Gasteiger partial charge in [0.05, 0.1) is 6.20 Å². The van der Waals surface area contributed by atoms with Gasteiger partial charge in [0.1, 0.15) is 0 Å². The standard InChI is InChI=1S/C10H15N7/c1-7-5-12-17(6-7)10-14-8(11-2)13-9(15-10)16(3)4/h5-6H,1-4H3,(H,11,13,14,15). The lowest BCUT2D eigenvalue weighted by molar-refractivity contribution is 0.790. The molecule has 90 valence electrons. The molecule has 7 nitrogen and oxygen atoms in total. The minimum absolute atomic E-state index is 0.501. The number of aryl methyl sites for hydroxylation is 1. The van der Waals surface area contributed by atoms with E-state index in [1.165, 1.54) is 0 Å². The van der Waals surface area contributed by atoms with Gasteiger partial charge in [0.15, 0.2) is 0 Å². The fourth-order valence-electron chi connectivity index (χ4n) is 1.29. The van der Waals surface area contributed by atoms with Crippen LogP contribution in [-0.2, 0) is 0 Å². The van der Waals surface area contributed by atoms with Gasteiger partial charge in [-0.1, -0.05) is 0 Å². The Balaban J connectivity index is 2.49. The van der Waals surface area contributed by atoms with Crippen LogP contribution < -0.4 is 10.2 Å². The maximum Gasteiger partial charge on any atom is 0.257 e. The molecule has 0 fully saturated rings. The zero-order valence-electron chi connectivity index (χ0n) is 10.3. The van der Waals surface area contributed by atoms with E-state index < -0.39 is 0 Å². The van der Waals surface area contributed by atoms with E-state index in [4.69, 9.17) is 0 Å². The van der Waals surface area contributed by atoms with Gasteiger partial charge in [-0.05, 0) is 12.5 Å². The van der Waals surface area contributed by atoms with Gasteiger partial charge >= 0.3 is 0 Å². The molecule has 0 aliphatic heterocycles. The zero-order valence-corrected chi connectivity index (χ0v) is 10.3. The molecule has 2 aromatic rings. The van der Waals surface area contributed by atoms with Crippen LogP contribution in [0, 0.1) is 6.92 Å². The molecule has 0 spiro atoms. The summed E-state index contributed by atoms with van der Waals surface area (Å²) >= 11 is 0. The molecule has 0 aromatic carbocycles. The van der Waals surface area contributed by atoms with Crippen LogP contribution in [0.5, 0.6) is 0 Å². The Morgan fingerprint density at radius 3 is 2.53 bits per heavy atom. The number of rotatable bonds is 3. The highest BCUT2D eigenvalue weighted by Gasteiger charge is 2.09. The van der Waals surface area contributed by atoms with E-state index in [-0.39, 0.29) is 0 Å². The lowest BCUT2D eigenvalue weighted by atomic mass is 10.4. The smallest absolute Gasteiger partial charge is 0.257 e. The normalized spacial score (nSPS) is 10.4. The van der Waals surface area contributed by atoms with Gasteiger partial charge in [0.25, 0.3) is 5.95 Å². The van der Waals surface area contributed by atoms with Crippen LogP contribution in [-0.4, -0.2) is 45.9 Å². The van der Waals surface area contributed by atoms with Crippen molar-refractivity contribution in [1.29, 1.82) is 0 Å². The van der Waals surface area contributed by atoms with Crippen LogP contribution in [0.4, 0.5) is 11.9 Å². The van der Waals surface area contributed by atoms with Gasteiger partial charge in [-0.3, -0.25) is 0 Å². The fourth-order valence-corrected chi connectivity index (χ4v) is 1.29. The number of nitrogens with one attached hydrogen (secondary N) is 1. The van der Waals surface area contributed by atoms with Crippen molar-refractivity contribution in [2.24, 2.45) is 0 Å². The molecule has 2 heterocycles. The van der Waals surface area contributed by atoms with Crippen molar-refractivity contribution in [3.05, 3.63) is 18.0 Å². The molecule has 2 aromatic heterocycles. The average Bonchev–Trinajstić information content (AvgIpc) is 2.75. The Hall–Kier alpha value is -2.18. The summed E-state index contributed by atoms with van der Waals surface area (Å²) in [5.74, 6) is 1.61. The average molecular weight is 233 g/mol. The van der Waals surface area contributed by atoms with Crippen molar-refractivity contribution >= 4 is 11.9 Å². The first-order chi connectivity index (χ1) is 8.10. The van der Waals surface area contributed by atoms with E-state index in [0.29, 0.717) is 17.8 Å². The van der Waals surface area contributed by atoms with Crippen molar-refractivity contribution < 1.29 is 0 Å². The summed E-state index contributed by atoms with van der Waals surface area (Å²) in [4.78, 5) is 14.6. The molecule has 0 amide bonds. The molecule has 0 aliphatic rings. The second kappa shape index (κ2) is 4.36. The molecule has 17 heavy (non-hydrogen) atoms. The van der Waals surface area contributed by atoms with Crippen molar-refractivity contribution in [2.45, 2.75) is 6.92 Å². The summed E-state index contributed by atoms with van der Waals surface area (Å²) in [7, 11) is 5.53. The second-order valence-corrected chi connectivity index (χ2v) is 3.87. The number of nitrogens with zero attached hydrogens (tertiary/aromatic N) is 6. The highest BCUT2D eigenvalue weighted by molar-refractivity contribution is 5.38. The quantitative estimate of drug-likeness (QED) is 0.831. The Morgan fingerprint density at radius 1 is 1.24 bits per heavy atom. The van der Waals surface area contributed by atoms with E-state index in [2.05, 4.69) is 25.4 Å². The molecule has 2 rings (SSSR count). The van der Waals surface area contributed by atoms with Gasteiger partial charge in [-0.2, -0.15) is 20.1 Å². The van der Waals surface area contributed by atoms with Gasteiger partial charge < -0.3 is 10.2 Å². The topological polar surface area (TPSA) is 71.8 Å². The second-order valence-electron chi connectivity index (χ2n) is 3.87. The summed E-state index contributed by atoms with van der Waals surface area (Å²) in [6.07, 6.45) is 3.63. The molecule has 7 heteroatoms. The summed E-state index contributed by atoms with van der Waals surface area (Å²) in [5.41, 5.74) is 1.06. The summed E-state index contributed by atoms with van der Waals surface area (Å²) in [6, 6.07) is 0. The maximum atomic E-state index is 4.33. The number of hydrogen-bond acceptors (Lipinski definition) is 6. The minimum Gasteiger partial charge on any atom is -0.357 e. The van der Waals surface area contributed by atoms with E-state index in [0.717, 1.165) is 5.56 Å². The van der Waals surface area contributed by atoms with Gasteiger partial charge in [0, 0.05) is 27.3 Å². The molecule has 0 saturated heterocycles. The van der Waals surface area contributed by atoms with Crippen molar-refractivity contribution in [3.63, 3.8) is 0 Å². The van der Waals surface area contributed by atoms with Gasteiger partial charge in [-0.15, -0.1) is 0 Å². The molecule has 0 aliphatic carbocycles. The van der Waals surface area contributed by atoms with Crippen LogP contribution in [0.1, 0.15) is 5.56 Å². The Bertz CT molecular complexity index is 517. The van der Waals surface area contributed by atoms with E-state index in [1.807, 2.05) is 32.1 Å². The molecular formula is C10H15N7. The summed E-state index contributed by atoms with van der Waals surface area (Å²) in [6.45, 7) is 1.97. The highest BCUT2D eigenvalue weighted by Crippen LogP contribution is 2.10. The molecule has 0 bridgehead atoms. The van der Waals surface area contributed by atoms with Crippen LogP contribution >= 0.6 is 0 Å². The highest BCUT2D eigenvalue weighted by atomic mass is 15.4. The van der Waals surface area contributed by atoms with Crippen LogP contribution in [0.25, 0.3) is 5.95 Å². The number of anilines is 2. The Labute approximate surface area is 99.5 Å². The first kappa shape index (κ1) is 11.3. The van der Waals surface area contributed by atoms with Gasteiger partial charge in [0.2, 0.25) is 11.9 Å². The maximum absolute atomic E-state index is 4.33. The molecule has 0 saturated carbocycles. The van der Waals surface area contributed by atoms with Gasteiger partial charge in [-0.25, -0.2) is 4.68 Å². The van der Waals surface area contributed by atoms with E-state index in [9.17, 15) is 0 Å². The number of hydrogen-bond donors (Lipinski definition) is 1. The van der Waals surface area contributed by atoms with Crippen molar-refractivity contribution in [2.75, 3.05) is 31.4 Å². The monoisotopic (exact) mass is 233 g/mol. The third-order valence-electron chi connectivity index (χ3n) is 2.15. The molecule has 1 N–H and O–H groups in total. The SMILES string of the molecule is CNc1nc(N(C)C)nc(-n2cc(C)cn2)n1. The van der Waals surface area contributed by atoms with Crippen molar-refractivity contribution in [1.82, 2.24) is 24.7 Å². The zero-order chi connectivity index (χ0) is 12.4. The predicted octanol–water partition coefficient (Wildman–Crippen LogP) is 0.473. The predicted molar refractivity (Wildman–Crippen MR) is 65.6 cm³/mol.